The fourth-order valence-corrected chi connectivity index (χ4v) is 3.54. The molecule has 0 spiro atoms. The van der Waals surface area contributed by atoms with Gasteiger partial charge in [0.05, 0.1) is 5.56 Å². The Morgan fingerprint density at radius 3 is 2.43 bits per heavy atom. The second-order valence-corrected chi connectivity index (χ2v) is 7.23. The standard InChI is InChI=1S/C23H29NO3.ClH/c25-20(17-24-15-7-2-8-16-24)18-27-23-12-6-5-11-21(23)22(26)14-13-19-9-3-1-4-10-19;/h1,3-6,9-12,20,25H,2,7-8,13-18H2;1H. The van der Waals surface area contributed by atoms with Gasteiger partial charge in [0, 0.05) is 13.0 Å². The molecule has 0 bridgehead atoms. The van der Waals surface area contributed by atoms with E-state index in [2.05, 4.69) is 4.90 Å². The summed E-state index contributed by atoms with van der Waals surface area (Å²) in [5.74, 6) is 0.633. The highest BCUT2D eigenvalue weighted by atomic mass is 35.5. The van der Waals surface area contributed by atoms with Crippen LogP contribution in [0.5, 0.6) is 5.75 Å². The van der Waals surface area contributed by atoms with Crippen molar-refractivity contribution in [1.82, 2.24) is 4.90 Å². The molecule has 0 saturated carbocycles. The summed E-state index contributed by atoms with van der Waals surface area (Å²) in [7, 11) is 0. The number of aliphatic hydroxyl groups is 1. The smallest absolute Gasteiger partial charge is 0.166 e. The molecule has 1 aliphatic rings. The van der Waals surface area contributed by atoms with Crippen LogP contribution >= 0.6 is 12.4 Å². The van der Waals surface area contributed by atoms with Crippen LogP contribution in [0.4, 0.5) is 0 Å². The number of ketones is 1. The molecule has 152 valence electrons. The van der Waals surface area contributed by atoms with Gasteiger partial charge in [-0.05, 0) is 50.0 Å². The Labute approximate surface area is 173 Å². The molecule has 1 aliphatic heterocycles. The Balaban J connectivity index is 0.00000280. The zero-order chi connectivity index (χ0) is 18.9. The van der Waals surface area contributed by atoms with Crippen molar-refractivity contribution in [3.05, 3.63) is 65.7 Å². The quantitative estimate of drug-likeness (QED) is 0.639. The number of β-amino-alcohol motifs (C(OH)–C–C–N with tert-alkyl or cyclic N) is 1. The number of hydrogen-bond acceptors (Lipinski definition) is 4. The fourth-order valence-electron chi connectivity index (χ4n) is 3.54. The number of aryl methyl sites for hydroxylation is 1. The lowest BCUT2D eigenvalue weighted by atomic mass is 10.0. The molecule has 0 amide bonds. The molecule has 28 heavy (non-hydrogen) atoms. The third kappa shape index (κ3) is 6.93. The van der Waals surface area contributed by atoms with Crippen LogP contribution in [0, 0.1) is 0 Å². The number of rotatable bonds is 9. The third-order valence-corrected chi connectivity index (χ3v) is 5.02. The van der Waals surface area contributed by atoms with Crippen molar-refractivity contribution in [3.8, 4) is 5.75 Å². The highest BCUT2D eigenvalue weighted by molar-refractivity contribution is 5.98. The monoisotopic (exact) mass is 403 g/mol. The molecule has 1 heterocycles. The normalized spacial score (nSPS) is 15.5. The van der Waals surface area contributed by atoms with Gasteiger partial charge < -0.3 is 14.7 Å². The van der Waals surface area contributed by atoms with Gasteiger partial charge in [-0.1, -0.05) is 48.9 Å². The van der Waals surface area contributed by atoms with E-state index in [1.807, 2.05) is 48.5 Å². The number of para-hydroxylation sites is 1. The first-order chi connectivity index (χ1) is 13.2. The van der Waals surface area contributed by atoms with E-state index in [1.54, 1.807) is 6.07 Å². The summed E-state index contributed by atoms with van der Waals surface area (Å²) in [4.78, 5) is 14.9. The second kappa shape index (κ2) is 11.8. The average Bonchev–Trinajstić information content (AvgIpc) is 2.72. The molecular formula is C23H30ClNO3. The van der Waals surface area contributed by atoms with Gasteiger partial charge in [0.15, 0.2) is 5.78 Å². The minimum atomic E-state index is -0.546. The minimum Gasteiger partial charge on any atom is -0.490 e. The molecule has 1 N–H and O–H groups in total. The summed E-state index contributed by atoms with van der Waals surface area (Å²) in [5.41, 5.74) is 1.75. The van der Waals surface area contributed by atoms with Crippen LogP contribution in [0.2, 0.25) is 0 Å². The molecule has 3 rings (SSSR count). The van der Waals surface area contributed by atoms with Gasteiger partial charge in [0.2, 0.25) is 0 Å². The Morgan fingerprint density at radius 1 is 1.00 bits per heavy atom. The van der Waals surface area contributed by atoms with Crippen LogP contribution < -0.4 is 4.74 Å². The van der Waals surface area contributed by atoms with Gasteiger partial charge in [0.25, 0.3) is 0 Å². The molecule has 2 aromatic carbocycles. The number of piperidine rings is 1. The van der Waals surface area contributed by atoms with Crippen LogP contribution in [0.15, 0.2) is 54.6 Å². The van der Waals surface area contributed by atoms with E-state index in [-0.39, 0.29) is 24.8 Å². The number of aliphatic hydroxyl groups excluding tert-OH is 1. The molecule has 4 nitrogen and oxygen atoms in total. The lowest BCUT2D eigenvalue weighted by molar-refractivity contribution is 0.0611. The van der Waals surface area contributed by atoms with Crippen LogP contribution in [0.3, 0.4) is 0 Å². The number of Topliss-reactive ketones (excluding diaryl/α,β-unsaturated/α-hetero) is 1. The predicted molar refractivity (Wildman–Crippen MR) is 115 cm³/mol. The zero-order valence-corrected chi connectivity index (χ0v) is 17.1. The van der Waals surface area contributed by atoms with Crippen molar-refractivity contribution in [2.45, 2.75) is 38.2 Å². The van der Waals surface area contributed by atoms with Gasteiger partial charge in [-0.2, -0.15) is 0 Å². The van der Waals surface area contributed by atoms with E-state index in [9.17, 15) is 9.90 Å². The van der Waals surface area contributed by atoms with E-state index >= 15 is 0 Å². The molecule has 0 aliphatic carbocycles. The van der Waals surface area contributed by atoms with E-state index in [0.717, 1.165) is 18.7 Å². The number of halogens is 1. The predicted octanol–water partition coefficient (Wildman–Crippen LogP) is 4.15. The molecule has 1 fully saturated rings. The van der Waals surface area contributed by atoms with Gasteiger partial charge in [0.1, 0.15) is 18.5 Å². The van der Waals surface area contributed by atoms with Crippen molar-refractivity contribution in [3.63, 3.8) is 0 Å². The first-order valence-corrected chi connectivity index (χ1v) is 9.92. The van der Waals surface area contributed by atoms with Gasteiger partial charge >= 0.3 is 0 Å². The highest BCUT2D eigenvalue weighted by Crippen LogP contribution is 2.21. The molecule has 1 atom stereocenters. The van der Waals surface area contributed by atoms with Crippen molar-refractivity contribution < 1.29 is 14.6 Å². The summed E-state index contributed by atoms with van der Waals surface area (Å²) in [6.07, 6.45) is 4.29. The summed E-state index contributed by atoms with van der Waals surface area (Å²) in [6.45, 7) is 2.93. The number of carbonyl (C=O) groups excluding carboxylic acids is 1. The summed E-state index contributed by atoms with van der Waals surface area (Å²) in [5, 5.41) is 10.3. The van der Waals surface area contributed by atoms with Crippen molar-refractivity contribution in [2.24, 2.45) is 0 Å². The first-order valence-electron chi connectivity index (χ1n) is 9.92. The topological polar surface area (TPSA) is 49.8 Å². The van der Waals surface area contributed by atoms with E-state index in [0.29, 0.717) is 30.7 Å². The number of likely N-dealkylation sites (tertiary alicyclic amines) is 1. The lowest BCUT2D eigenvalue weighted by Crippen LogP contribution is -2.38. The van der Waals surface area contributed by atoms with Crippen LogP contribution in [-0.2, 0) is 6.42 Å². The summed E-state index contributed by atoms with van der Waals surface area (Å²) in [6, 6.07) is 17.3. The van der Waals surface area contributed by atoms with E-state index in [1.165, 1.54) is 19.3 Å². The van der Waals surface area contributed by atoms with E-state index < -0.39 is 6.10 Å². The average molecular weight is 404 g/mol. The van der Waals surface area contributed by atoms with Gasteiger partial charge in [-0.25, -0.2) is 0 Å². The number of benzene rings is 2. The van der Waals surface area contributed by atoms with Crippen molar-refractivity contribution in [1.29, 1.82) is 0 Å². The number of hydrogen-bond donors (Lipinski definition) is 1. The Kier molecular flexibility index (Phi) is 9.48. The molecule has 1 saturated heterocycles. The van der Waals surface area contributed by atoms with Crippen LogP contribution in [-0.4, -0.2) is 48.1 Å². The second-order valence-electron chi connectivity index (χ2n) is 7.23. The van der Waals surface area contributed by atoms with Crippen molar-refractivity contribution in [2.75, 3.05) is 26.2 Å². The molecule has 2 aromatic rings. The molecule has 0 radical (unpaired) electrons. The lowest BCUT2D eigenvalue weighted by Gasteiger charge is -2.28. The molecular weight excluding hydrogens is 374 g/mol. The summed E-state index contributed by atoms with van der Waals surface area (Å²) >= 11 is 0. The highest BCUT2D eigenvalue weighted by Gasteiger charge is 2.17. The minimum absolute atomic E-state index is 0. The largest absolute Gasteiger partial charge is 0.490 e. The Morgan fingerprint density at radius 2 is 1.68 bits per heavy atom. The van der Waals surface area contributed by atoms with Gasteiger partial charge in [-0.3, -0.25) is 4.79 Å². The Bertz CT molecular complexity index is 717. The molecule has 1 unspecified atom stereocenters. The maximum atomic E-state index is 12.6. The molecule has 0 aromatic heterocycles. The maximum Gasteiger partial charge on any atom is 0.166 e. The Hall–Kier alpha value is -1.88. The van der Waals surface area contributed by atoms with Crippen LogP contribution in [0.1, 0.15) is 41.6 Å². The molecule has 5 heteroatoms. The number of nitrogens with zero attached hydrogens (tertiary/aromatic N) is 1. The van der Waals surface area contributed by atoms with Gasteiger partial charge in [-0.15, -0.1) is 12.4 Å². The number of carbonyl (C=O) groups is 1. The SMILES string of the molecule is Cl.O=C(CCc1ccccc1)c1ccccc1OCC(O)CN1CCCCC1. The first kappa shape index (κ1) is 22.4. The third-order valence-electron chi connectivity index (χ3n) is 5.02. The zero-order valence-electron chi connectivity index (χ0n) is 16.3. The number of ether oxygens (including phenoxy) is 1. The maximum absolute atomic E-state index is 12.6. The van der Waals surface area contributed by atoms with Crippen molar-refractivity contribution >= 4 is 18.2 Å². The van der Waals surface area contributed by atoms with Crippen LogP contribution in [0.25, 0.3) is 0 Å². The summed E-state index contributed by atoms with van der Waals surface area (Å²) < 4.78 is 5.82. The van der Waals surface area contributed by atoms with E-state index in [4.69, 9.17) is 4.74 Å². The fraction of sp³-hybridized carbons (Fsp3) is 0.435.